The molecule has 0 saturated heterocycles. The quantitative estimate of drug-likeness (QED) is 0.864. The van der Waals surface area contributed by atoms with Gasteiger partial charge in [0.2, 0.25) is 0 Å². The molecule has 0 aliphatic rings. The molecule has 0 radical (unpaired) electrons. The van der Waals surface area contributed by atoms with Gasteiger partial charge >= 0.3 is 0 Å². The van der Waals surface area contributed by atoms with Gasteiger partial charge in [-0.25, -0.2) is 0 Å². The number of rotatable bonds is 5. The van der Waals surface area contributed by atoms with E-state index in [0.29, 0.717) is 12.6 Å². The van der Waals surface area contributed by atoms with E-state index in [1.54, 1.807) is 12.1 Å². The molecule has 0 bridgehead atoms. The Labute approximate surface area is 113 Å². The first kappa shape index (κ1) is 13.4. The van der Waals surface area contributed by atoms with Crippen LogP contribution in [-0.2, 0) is 6.61 Å². The Morgan fingerprint density at radius 3 is 2.53 bits per heavy atom. The second kappa shape index (κ2) is 6.25. The van der Waals surface area contributed by atoms with Crippen LogP contribution in [0.25, 0.3) is 0 Å². The Morgan fingerprint density at radius 2 is 1.89 bits per heavy atom. The highest BCUT2D eigenvalue weighted by Crippen LogP contribution is 2.19. The summed E-state index contributed by atoms with van der Waals surface area (Å²) in [6.45, 7) is 2.57. The second-order valence-electron chi connectivity index (χ2n) is 4.54. The fourth-order valence-corrected chi connectivity index (χ4v) is 1.83. The molecule has 2 aromatic carbocycles. The summed E-state index contributed by atoms with van der Waals surface area (Å²) in [6, 6.07) is 15.5. The summed E-state index contributed by atoms with van der Waals surface area (Å²) >= 11 is 0. The zero-order valence-corrected chi connectivity index (χ0v) is 11.3. The molecule has 0 aromatic heterocycles. The van der Waals surface area contributed by atoms with Crippen molar-refractivity contribution in [3.63, 3.8) is 0 Å². The highest BCUT2D eigenvalue weighted by atomic mass is 16.5. The second-order valence-corrected chi connectivity index (χ2v) is 4.54. The van der Waals surface area contributed by atoms with Crippen molar-refractivity contribution in [1.29, 1.82) is 0 Å². The maximum Gasteiger partial charge on any atom is 0.119 e. The van der Waals surface area contributed by atoms with Crippen molar-refractivity contribution in [2.24, 2.45) is 0 Å². The van der Waals surface area contributed by atoms with Crippen molar-refractivity contribution in [1.82, 2.24) is 5.32 Å². The lowest BCUT2D eigenvalue weighted by Crippen LogP contribution is -2.11. The van der Waals surface area contributed by atoms with E-state index < -0.39 is 0 Å². The number of aromatic hydroxyl groups is 1. The third-order valence-corrected chi connectivity index (χ3v) is 3.13. The first-order valence-corrected chi connectivity index (χ1v) is 6.37. The summed E-state index contributed by atoms with van der Waals surface area (Å²) in [6.07, 6.45) is 0. The van der Waals surface area contributed by atoms with E-state index in [2.05, 4.69) is 24.4 Å². The van der Waals surface area contributed by atoms with Gasteiger partial charge in [0.1, 0.15) is 18.1 Å². The predicted octanol–water partition coefficient (Wildman–Crippen LogP) is 3.25. The minimum atomic E-state index is 0.263. The van der Waals surface area contributed by atoms with Gasteiger partial charge in [-0.05, 0) is 49.4 Å². The first-order chi connectivity index (χ1) is 9.19. The van der Waals surface area contributed by atoms with Gasteiger partial charge in [0, 0.05) is 6.04 Å². The van der Waals surface area contributed by atoms with Crippen molar-refractivity contribution < 1.29 is 9.84 Å². The summed E-state index contributed by atoms with van der Waals surface area (Å²) < 4.78 is 5.68. The van der Waals surface area contributed by atoms with E-state index in [0.717, 1.165) is 11.3 Å². The number of ether oxygens (including phenoxy) is 1. The molecule has 2 rings (SSSR count). The highest BCUT2D eigenvalue weighted by molar-refractivity contribution is 5.30. The van der Waals surface area contributed by atoms with Crippen LogP contribution in [0.1, 0.15) is 24.1 Å². The Kier molecular flexibility index (Phi) is 4.42. The molecule has 3 heteroatoms. The average molecular weight is 257 g/mol. The summed E-state index contributed by atoms with van der Waals surface area (Å²) in [4.78, 5) is 0. The largest absolute Gasteiger partial charge is 0.508 e. The van der Waals surface area contributed by atoms with Gasteiger partial charge in [-0.1, -0.05) is 24.3 Å². The number of hydrogen-bond donors (Lipinski definition) is 2. The molecule has 2 N–H and O–H groups in total. The molecule has 1 atom stereocenters. The predicted molar refractivity (Wildman–Crippen MR) is 76.4 cm³/mol. The number of phenolic OH excluding ortho intramolecular Hbond substituents is 1. The van der Waals surface area contributed by atoms with Crippen LogP contribution in [0.5, 0.6) is 11.5 Å². The van der Waals surface area contributed by atoms with Crippen molar-refractivity contribution in [2.75, 3.05) is 7.05 Å². The molecule has 0 fully saturated rings. The van der Waals surface area contributed by atoms with Crippen LogP contribution in [0.4, 0.5) is 0 Å². The molecular formula is C16H19NO2. The Hall–Kier alpha value is -2.00. The number of benzene rings is 2. The van der Waals surface area contributed by atoms with E-state index >= 15 is 0 Å². The third kappa shape index (κ3) is 3.73. The minimum absolute atomic E-state index is 0.263. The molecule has 0 amide bonds. The van der Waals surface area contributed by atoms with Crippen LogP contribution >= 0.6 is 0 Å². The summed E-state index contributed by atoms with van der Waals surface area (Å²) in [5.74, 6) is 1.09. The van der Waals surface area contributed by atoms with Gasteiger partial charge in [0.25, 0.3) is 0 Å². The van der Waals surface area contributed by atoms with Crippen LogP contribution in [0.3, 0.4) is 0 Å². The van der Waals surface area contributed by atoms with Crippen LogP contribution in [0.15, 0.2) is 48.5 Å². The van der Waals surface area contributed by atoms with Gasteiger partial charge in [-0.15, -0.1) is 0 Å². The molecule has 0 saturated carbocycles. The van der Waals surface area contributed by atoms with Gasteiger partial charge in [0.15, 0.2) is 0 Å². The van der Waals surface area contributed by atoms with Crippen molar-refractivity contribution in [3.05, 3.63) is 59.7 Å². The number of phenols is 1. The average Bonchev–Trinajstić information content (AvgIpc) is 2.45. The Morgan fingerprint density at radius 1 is 1.16 bits per heavy atom. The fraction of sp³-hybridized carbons (Fsp3) is 0.250. The van der Waals surface area contributed by atoms with Crippen LogP contribution in [0, 0.1) is 0 Å². The Balaban J connectivity index is 1.96. The molecule has 0 aliphatic heterocycles. The lowest BCUT2D eigenvalue weighted by atomic mass is 10.1. The minimum Gasteiger partial charge on any atom is -0.508 e. The summed E-state index contributed by atoms with van der Waals surface area (Å²) in [7, 11) is 1.94. The van der Waals surface area contributed by atoms with Gasteiger partial charge in [-0.2, -0.15) is 0 Å². The molecular weight excluding hydrogens is 238 g/mol. The molecule has 0 heterocycles. The highest BCUT2D eigenvalue weighted by Gasteiger charge is 2.02. The number of nitrogens with one attached hydrogen (secondary N) is 1. The Bertz CT molecular complexity index is 523. The normalized spacial score (nSPS) is 12.1. The zero-order chi connectivity index (χ0) is 13.7. The van der Waals surface area contributed by atoms with Crippen LogP contribution in [-0.4, -0.2) is 12.2 Å². The maximum atomic E-state index is 9.37. The summed E-state index contributed by atoms with van der Waals surface area (Å²) in [5.41, 5.74) is 2.18. The SMILES string of the molecule is CNC(C)c1ccc(OCc2cccc(O)c2)cc1. The van der Waals surface area contributed by atoms with Gasteiger partial charge < -0.3 is 15.2 Å². The molecule has 0 aliphatic carbocycles. The molecule has 0 spiro atoms. The molecule has 2 aromatic rings. The molecule has 19 heavy (non-hydrogen) atoms. The zero-order valence-electron chi connectivity index (χ0n) is 11.3. The van der Waals surface area contributed by atoms with E-state index in [1.807, 2.05) is 31.3 Å². The van der Waals surface area contributed by atoms with Crippen molar-refractivity contribution in [2.45, 2.75) is 19.6 Å². The van der Waals surface area contributed by atoms with E-state index in [9.17, 15) is 5.11 Å². The monoisotopic (exact) mass is 257 g/mol. The third-order valence-electron chi connectivity index (χ3n) is 3.13. The fourth-order valence-electron chi connectivity index (χ4n) is 1.83. The maximum absolute atomic E-state index is 9.37. The standard InChI is InChI=1S/C16H19NO2/c1-12(17-2)14-6-8-16(9-7-14)19-11-13-4-3-5-15(18)10-13/h3-10,12,17-18H,11H2,1-2H3. The van der Waals surface area contributed by atoms with Gasteiger partial charge in [0.05, 0.1) is 0 Å². The molecule has 3 nitrogen and oxygen atoms in total. The van der Waals surface area contributed by atoms with E-state index in [1.165, 1.54) is 5.56 Å². The first-order valence-electron chi connectivity index (χ1n) is 6.37. The van der Waals surface area contributed by atoms with E-state index in [-0.39, 0.29) is 5.75 Å². The lowest BCUT2D eigenvalue weighted by molar-refractivity contribution is 0.305. The van der Waals surface area contributed by atoms with Crippen molar-refractivity contribution in [3.8, 4) is 11.5 Å². The molecule has 1 unspecified atom stereocenters. The van der Waals surface area contributed by atoms with Crippen LogP contribution in [0.2, 0.25) is 0 Å². The lowest BCUT2D eigenvalue weighted by Gasteiger charge is -2.12. The topological polar surface area (TPSA) is 41.5 Å². The van der Waals surface area contributed by atoms with E-state index in [4.69, 9.17) is 4.74 Å². The summed E-state index contributed by atoms with van der Waals surface area (Å²) in [5, 5.41) is 12.6. The number of hydrogen-bond acceptors (Lipinski definition) is 3. The van der Waals surface area contributed by atoms with Crippen molar-refractivity contribution >= 4 is 0 Å². The smallest absolute Gasteiger partial charge is 0.119 e. The molecule has 100 valence electrons. The van der Waals surface area contributed by atoms with Crippen LogP contribution < -0.4 is 10.1 Å². The van der Waals surface area contributed by atoms with Gasteiger partial charge in [-0.3, -0.25) is 0 Å².